The molecule has 1 aliphatic carbocycles. The van der Waals surface area contributed by atoms with E-state index in [4.69, 9.17) is 0 Å². The van der Waals surface area contributed by atoms with Crippen LogP contribution in [-0.2, 0) is 0 Å². The lowest BCUT2D eigenvalue weighted by atomic mass is 9.92. The van der Waals surface area contributed by atoms with Crippen molar-refractivity contribution in [3.63, 3.8) is 0 Å². The average Bonchev–Trinajstić information content (AvgIpc) is 2.28. The third-order valence-corrected chi connectivity index (χ3v) is 2.84. The Bertz CT molecular complexity index is 232. The van der Waals surface area contributed by atoms with Gasteiger partial charge in [-0.2, -0.15) is 0 Å². The zero-order chi connectivity index (χ0) is 10.9. The minimum Gasteiger partial charge on any atom is -0.0885 e. The van der Waals surface area contributed by atoms with Crippen molar-refractivity contribution in [3.8, 4) is 0 Å². The molecule has 1 rings (SSSR count). The molecule has 0 aromatic rings. The van der Waals surface area contributed by atoms with Crippen molar-refractivity contribution in [2.24, 2.45) is 11.8 Å². The molecule has 15 heavy (non-hydrogen) atoms. The van der Waals surface area contributed by atoms with Crippen LogP contribution in [0.2, 0.25) is 0 Å². The standard InChI is InChI=1S/C15H23/c1-3-4-9-14(2)10-8-13-15-11-6-5-7-12-15/h4-7,9,11-12,14-15H,3,8,10,13H2,1-2H3/b9-4+. The highest BCUT2D eigenvalue weighted by molar-refractivity contribution is 5.18. The first-order valence-corrected chi connectivity index (χ1v) is 6.18. The van der Waals surface area contributed by atoms with Gasteiger partial charge in [-0.05, 0) is 37.5 Å². The summed E-state index contributed by atoms with van der Waals surface area (Å²) in [6, 6.07) is 0. The summed E-state index contributed by atoms with van der Waals surface area (Å²) in [7, 11) is 0. The van der Waals surface area contributed by atoms with E-state index in [0.29, 0.717) is 5.92 Å². The summed E-state index contributed by atoms with van der Waals surface area (Å²) in [5, 5.41) is 0. The molecule has 2 atom stereocenters. The van der Waals surface area contributed by atoms with Gasteiger partial charge in [0.2, 0.25) is 0 Å². The molecule has 1 aliphatic rings. The van der Waals surface area contributed by atoms with Gasteiger partial charge in [0, 0.05) is 0 Å². The first-order chi connectivity index (χ1) is 7.33. The fraction of sp³-hybridized carbons (Fsp3) is 0.533. The summed E-state index contributed by atoms with van der Waals surface area (Å²) in [4.78, 5) is 0. The van der Waals surface area contributed by atoms with E-state index < -0.39 is 0 Å². The van der Waals surface area contributed by atoms with E-state index in [1.54, 1.807) is 0 Å². The molecule has 83 valence electrons. The minimum absolute atomic E-state index is 0.678. The number of hydrogen-bond acceptors (Lipinski definition) is 0. The summed E-state index contributed by atoms with van der Waals surface area (Å²) < 4.78 is 0. The maximum absolute atomic E-state index is 2.35. The highest BCUT2D eigenvalue weighted by atomic mass is 14.1. The molecule has 0 aromatic heterocycles. The van der Waals surface area contributed by atoms with Gasteiger partial charge in [-0.1, -0.05) is 56.7 Å². The Kier molecular flexibility index (Phi) is 6.15. The van der Waals surface area contributed by atoms with E-state index in [1.807, 2.05) is 0 Å². The molecule has 1 radical (unpaired) electrons. The van der Waals surface area contributed by atoms with Crippen LogP contribution in [-0.4, -0.2) is 0 Å². The van der Waals surface area contributed by atoms with Crippen molar-refractivity contribution in [3.05, 3.63) is 42.9 Å². The molecule has 0 N–H and O–H groups in total. The Labute approximate surface area is 94.8 Å². The van der Waals surface area contributed by atoms with Gasteiger partial charge in [-0.25, -0.2) is 0 Å². The first-order valence-electron chi connectivity index (χ1n) is 6.18. The lowest BCUT2D eigenvalue weighted by Crippen LogP contribution is -1.99. The highest BCUT2D eigenvalue weighted by Crippen LogP contribution is 2.19. The fourth-order valence-corrected chi connectivity index (χ4v) is 1.87. The van der Waals surface area contributed by atoms with Crippen LogP contribution in [0.5, 0.6) is 0 Å². The molecule has 0 heterocycles. The molecular formula is C15H23. The monoisotopic (exact) mass is 203 g/mol. The molecule has 0 bridgehead atoms. The second kappa shape index (κ2) is 7.50. The van der Waals surface area contributed by atoms with Crippen molar-refractivity contribution >= 4 is 0 Å². The smallest absolute Gasteiger partial charge is 0.00986 e. The van der Waals surface area contributed by atoms with Gasteiger partial charge in [0.25, 0.3) is 0 Å². The van der Waals surface area contributed by atoms with Gasteiger partial charge in [-0.3, -0.25) is 0 Å². The molecule has 0 spiro atoms. The third kappa shape index (κ3) is 5.61. The van der Waals surface area contributed by atoms with E-state index in [1.165, 1.54) is 19.3 Å². The van der Waals surface area contributed by atoms with Crippen LogP contribution in [0.15, 0.2) is 36.5 Å². The van der Waals surface area contributed by atoms with Gasteiger partial charge in [0.15, 0.2) is 0 Å². The molecule has 0 fully saturated rings. The van der Waals surface area contributed by atoms with Gasteiger partial charge in [0.1, 0.15) is 0 Å². The van der Waals surface area contributed by atoms with Crippen LogP contribution in [0.3, 0.4) is 0 Å². The highest BCUT2D eigenvalue weighted by Gasteiger charge is 2.05. The van der Waals surface area contributed by atoms with Crippen molar-refractivity contribution in [2.75, 3.05) is 0 Å². The van der Waals surface area contributed by atoms with Crippen molar-refractivity contribution in [1.82, 2.24) is 0 Å². The predicted molar refractivity (Wildman–Crippen MR) is 68.5 cm³/mol. The van der Waals surface area contributed by atoms with E-state index in [0.717, 1.165) is 12.3 Å². The zero-order valence-electron chi connectivity index (χ0n) is 10.0. The van der Waals surface area contributed by atoms with Gasteiger partial charge >= 0.3 is 0 Å². The number of rotatable bonds is 6. The summed E-state index contributed by atoms with van der Waals surface area (Å²) in [5.74, 6) is 1.42. The average molecular weight is 203 g/mol. The minimum atomic E-state index is 0.678. The Morgan fingerprint density at radius 3 is 2.80 bits per heavy atom. The van der Waals surface area contributed by atoms with Crippen LogP contribution in [0.25, 0.3) is 0 Å². The number of allylic oxidation sites excluding steroid dienone is 6. The quantitative estimate of drug-likeness (QED) is 0.549. The molecule has 0 saturated carbocycles. The lowest BCUT2D eigenvalue weighted by Gasteiger charge is -2.13. The van der Waals surface area contributed by atoms with Crippen LogP contribution in [0, 0.1) is 18.3 Å². The fourth-order valence-electron chi connectivity index (χ4n) is 1.87. The molecule has 0 nitrogen and oxygen atoms in total. The molecule has 0 amide bonds. The van der Waals surface area contributed by atoms with Gasteiger partial charge in [-0.15, -0.1) is 0 Å². The Morgan fingerprint density at radius 1 is 1.27 bits per heavy atom. The first kappa shape index (κ1) is 12.3. The van der Waals surface area contributed by atoms with Crippen molar-refractivity contribution in [1.29, 1.82) is 0 Å². The van der Waals surface area contributed by atoms with E-state index in [2.05, 4.69) is 56.7 Å². The second-order valence-corrected chi connectivity index (χ2v) is 4.37. The number of hydrogen-bond donors (Lipinski definition) is 0. The van der Waals surface area contributed by atoms with Crippen molar-refractivity contribution in [2.45, 2.75) is 39.5 Å². The second-order valence-electron chi connectivity index (χ2n) is 4.37. The zero-order valence-corrected chi connectivity index (χ0v) is 10.0. The van der Waals surface area contributed by atoms with Gasteiger partial charge < -0.3 is 0 Å². The molecule has 0 aromatic carbocycles. The van der Waals surface area contributed by atoms with Gasteiger partial charge in [0.05, 0.1) is 0 Å². The summed E-state index contributed by atoms with van der Waals surface area (Å²) >= 11 is 0. The molecule has 0 heteroatoms. The summed E-state index contributed by atoms with van der Waals surface area (Å²) in [5.41, 5.74) is 0. The molecule has 0 aliphatic heterocycles. The lowest BCUT2D eigenvalue weighted by molar-refractivity contribution is 0.540. The summed E-state index contributed by atoms with van der Waals surface area (Å²) in [6.45, 7) is 4.50. The molecule has 0 saturated heterocycles. The Balaban J connectivity index is 2.08. The summed E-state index contributed by atoms with van der Waals surface area (Å²) in [6.07, 6.45) is 20.7. The van der Waals surface area contributed by atoms with Crippen LogP contribution < -0.4 is 0 Å². The SMILES string of the molecule is CC/C=C/C(C)CCCC1[CH]C=CC=C1. The maximum atomic E-state index is 2.35. The van der Waals surface area contributed by atoms with Crippen LogP contribution in [0.4, 0.5) is 0 Å². The Hall–Kier alpha value is -0.780. The largest absolute Gasteiger partial charge is 0.0885 e. The molecule has 2 unspecified atom stereocenters. The van der Waals surface area contributed by atoms with Crippen molar-refractivity contribution < 1.29 is 0 Å². The van der Waals surface area contributed by atoms with Crippen LogP contribution >= 0.6 is 0 Å². The van der Waals surface area contributed by atoms with E-state index in [-0.39, 0.29) is 0 Å². The topological polar surface area (TPSA) is 0 Å². The normalized spacial score (nSPS) is 22.4. The molecular weight excluding hydrogens is 180 g/mol. The predicted octanol–water partition coefficient (Wildman–Crippen LogP) is 4.71. The Morgan fingerprint density at radius 2 is 2.13 bits per heavy atom. The van der Waals surface area contributed by atoms with Crippen LogP contribution in [0.1, 0.15) is 39.5 Å². The third-order valence-electron chi connectivity index (χ3n) is 2.84. The maximum Gasteiger partial charge on any atom is -0.00986 e. The van der Waals surface area contributed by atoms with E-state index >= 15 is 0 Å². The van der Waals surface area contributed by atoms with E-state index in [9.17, 15) is 0 Å².